The number of hydrogen-bond acceptors (Lipinski definition) is 4. The van der Waals surface area contributed by atoms with Gasteiger partial charge in [-0.1, -0.05) is 12.1 Å². The average Bonchev–Trinajstić information content (AvgIpc) is 3.38. The van der Waals surface area contributed by atoms with E-state index in [0.717, 1.165) is 37.9 Å². The van der Waals surface area contributed by atoms with Gasteiger partial charge in [-0.2, -0.15) is 0 Å². The maximum Gasteiger partial charge on any atom is 0.254 e. The van der Waals surface area contributed by atoms with Gasteiger partial charge < -0.3 is 20.3 Å². The van der Waals surface area contributed by atoms with E-state index in [4.69, 9.17) is 4.74 Å². The van der Waals surface area contributed by atoms with Crippen LogP contribution in [0.2, 0.25) is 0 Å². The zero-order valence-corrected chi connectivity index (χ0v) is 18.1. The highest BCUT2D eigenvalue weighted by Crippen LogP contribution is 2.58. The van der Waals surface area contributed by atoms with Crippen molar-refractivity contribution in [1.82, 2.24) is 15.5 Å². The number of nitrogens with zero attached hydrogens (tertiary/aromatic N) is 1. The summed E-state index contributed by atoms with van der Waals surface area (Å²) in [7, 11) is 0. The fraction of sp³-hybridized carbons (Fsp3) is 0.636. The molecule has 1 aromatic carbocycles. The molecule has 0 bridgehead atoms. The fourth-order valence-corrected chi connectivity index (χ4v) is 4.80. The maximum atomic E-state index is 12.7. The molecule has 0 aromatic heterocycles. The van der Waals surface area contributed by atoms with Gasteiger partial charge in [-0.3, -0.25) is 9.59 Å². The number of amides is 2. The van der Waals surface area contributed by atoms with Crippen molar-refractivity contribution in [3.63, 3.8) is 0 Å². The Bertz CT molecular complexity index is 723. The molecule has 1 aliphatic carbocycles. The molecule has 3 unspecified atom stereocenters. The third kappa shape index (κ3) is 4.93. The zero-order chi connectivity index (χ0) is 19.7. The van der Waals surface area contributed by atoms with Gasteiger partial charge in [0.25, 0.3) is 5.91 Å². The summed E-state index contributed by atoms with van der Waals surface area (Å²) in [4.78, 5) is 27.1. The normalized spacial score (nSPS) is 27.8. The molecule has 2 aliphatic heterocycles. The van der Waals surface area contributed by atoms with Crippen molar-refractivity contribution in [2.24, 2.45) is 11.3 Å². The van der Waals surface area contributed by atoms with Gasteiger partial charge in [-0.15, -0.1) is 12.4 Å². The summed E-state index contributed by atoms with van der Waals surface area (Å²) in [6.07, 6.45) is 3.38. The van der Waals surface area contributed by atoms with Crippen LogP contribution in [0.4, 0.5) is 0 Å². The van der Waals surface area contributed by atoms with Crippen LogP contribution in [0, 0.1) is 11.3 Å². The second-order valence-electron chi connectivity index (χ2n) is 8.75. The van der Waals surface area contributed by atoms with Crippen molar-refractivity contribution in [3.8, 4) is 0 Å². The molecular weight excluding hydrogens is 390 g/mol. The number of morpholine rings is 1. The summed E-state index contributed by atoms with van der Waals surface area (Å²) < 4.78 is 5.70. The maximum absolute atomic E-state index is 12.7. The summed E-state index contributed by atoms with van der Waals surface area (Å²) in [5.74, 6) is 0.405. The molecule has 1 spiro atoms. The molecule has 2 N–H and O–H groups in total. The molecule has 6 nitrogen and oxygen atoms in total. The van der Waals surface area contributed by atoms with Gasteiger partial charge in [0.2, 0.25) is 5.91 Å². The van der Waals surface area contributed by atoms with Crippen LogP contribution < -0.4 is 10.6 Å². The number of benzene rings is 1. The lowest BCUT2D eigenvalue weighted by Gasteiger charge is -2.35. The van der Waals surface area contributed by atoms with E-state index in [0.29, 0.717) is 25.2 Å². The minimum atomic E-state index is 0. The molecule has 2 saturated heterocycles. The van der Waals surface area contributed by atoms with Gasteiger partial charge in [-0.25, -0.2) is 0 Å². The average molecular weight is 422 g/mol. The molecule has 1 aromatic rings. The molecule has 3 fully saturated rings. The Morgan fingerprint density at radius 2 is 1.76 bits per heavy atom. The van der Waals surface area contributed by atoms with Gasteiger partial charge >= 0.3 is 0 Å². The van der Waals surface area contributed by atoms with Gasteiger partial charge in [0.1, 0.15) is 0 Å². The number of carbonyl (C=O) groups is 2. The molecular formula is C22H32ClN3O3. The Kier molecular flexibility index (Phi) is 6.87. The van der Waals surface area contributed by atoms with E-state index in [-0.39, 0.29) is 47.8 Å². The largest absolute Gasteiger partial charge is 0.372 e. The van der Waals surface area contributed by atoms with Crippen LogP contribution >= 0.6 is 12.4 Å². The highest BCUT2D eigenvalue weighted by molar-refractivity contribution is 5.94. The number of rotatable bonds is 4. The summed E-state index contributed by atoms with van der Waals surface area (Å²) in [5.41, 5.74) is 1.97. The Morgan fingerprint density at radius 1 is 1.14 bits per heavy atom. The summed E-state index contributed by atoms with van der Waals surface area (Å²) in [5, 5.41) is 6.46. The van der Waals surface area contributed by atoms with Gasteiger partial charge in [0, 0.05) is 31.1 Å². The van der Waals surface area contributed by atoms with Crippen molar-refractivity contribution in [1.29, 1.82) is 0 Å². The van der Waals surface area contributed by atoms with Crippen molar-refractivity contribution < 1.29 is 14.3 Å². The van der Waals surface area contributed by atoms with Crippen LogP contribution in [0.15, 0.2) is 24.3 Å². The van der Waals surface area contributed by atoms with E-state index >= 15 is 0 Å². The first-order valence-electron chi connectivity index (χ1n) is 10.5. The lowest BCUT2D eigenvalue weighted by atomic mass is 9.92. The Hall–Kier alpha value is -1.63. The number of nitrogens with one attached hydrogen (secondary N) is 2. The summed E-state index contributed by atoms with van der Waals surface area (Å²) in [6, 6.07) is 7.60. The lowest BCUT2D eigenvalue weighted by molar-refractivity contribution is -0.123. The Balaban J connectivity index is 0.00000240. The van der Waals surface area contributed by atoms with Crippen LogP contribution in [0.25, 0.3) is 0 Å². The number of piperidine rings is 1. The molecule has 3 aliphatic rings. The van der Waals surface area contributed by atoms with Gasteiger partial charge in [0.15, 0.2) is 0 Å². The SMILES string of the molecule is CC1CN(C(=O)c2ccc(CNC(=O)C3CC34CCNCC4)cc2)CC(C)O1.Cl. The monoisotopic (exact) mass is 421 g/mol. The van der Waals surface area contributed by atoms with E-state index < -0.39 is 0 Å². The Labute approximate surface area is 179 Å². The summed E-state index contributed by atoms with van der Waals surface area (Å²) >= 11 is 0. The predicted molar refractivity (Wildman–Crippen MR) is 114 cm³/mol. The second kappa shape index (κ2) is 9.02. The van der Waals surface area contributed by atoms with E-state index in [1.165, 1.54) is 0 Å². The molecule has 2 amide bonds. The van der Waals surface area contributed by atoms with E-state index in [1.807, 2.05) is 43.0 Å². The highest BCUT2D eigenvalue weighted by atomic mass is 35.5. The van der Waals surface area contributed by atoms with E-state index in [1.54, 1.807) is 0 Å². The molecule has 29 heavy (non-hydrogen) atoms. The topological polar surface area (TPSA) is 70.7 Å². The fourth-order valence-electron chi connectivity index (χ4n) is 4.80. The minimum absolute atomic E-state index is 0. The zero-order valence-electron chi connectivity index (χ0n) is 17.3. The van der Waals surface area contributed by atoms with Crippen molar-refractivity contribution in [3.05, 3.63) is 35.4 Å². The Morgan fingerprint density at radius 3 is 2.38 bits per heavy atom. The van der Waals surface area contributed by atoms with Gasteiger partial charge in [-0.05, 0) is 69.3 Å². The third-order valence-corrected chi connectivity index (χ3v) is 6.48. The first kappa shape index (κ1) is 22.1. The number of ether oxygens (including phenoxy) is 1. The quantitative estimate of drug-likeness (QED) is 0.783. The first-order chi connectivity index (χ1) is 13.5. The standard InChI is InChI=1S/C22H31N3O3.ClH/c1-15-13-25(14-16(2)28-15)21(27)18-5-3-17(4-6-18)12-24-20(26)19-11-22(19)7-9-23-10-8-22;/h3-6,15-16,19,23H,7-14H2,1-2H3,(H,24,26);1H. The molecule has 1 saturated carbocycles. The van der Waals surface area contributed by atoms with Crippen molar-refractivity contribution in [2.45, 2.75) is 51.9 Å². The van der Waals surface area contributed by atoms with Crippen molar-refractivity contribution in [2.75, 3.05) is 26.2 Å². The predicted octanol–water partition coefficient (Wildman–Crippen LogP) is 2.36. The lowest BCUT2D eigenvalue weighted by Crippen LogP contribution is -2.48. The first-order valence-corrected chi connectivity index (χ1v) is 10.5. The molecule has 2 heterocycles. The number of hydrogen-bond donors (Lipinski definition) is 2. The highest BCUT2D eigenvalue weighted by Gasteiger charge is 2.57. The molecule has 160 valence electrons. The van der Waals surface area contributed by atoms with Crippen LogP contribution in [-0.2, 0) is 16.1 Å². The van der Waals surface area contributed by atoms with Gasteiger partial charge in [0.05, 0.1) is 12.2 Å². The smallest absolute Gasteiger partial charge is 0.254 e. The molecule has 7 heteroatoms. The van der Waals surface area contributed by atoms with Crippen molar-refractivity contribution >= 4 is 24.2 Å². The van der Waals surface area contributed by atoms with E-state index in [9.17, 15) is 9.59 Å². The second-order valence-corrected chi connectivity index (χ2v) is 8.75. The van der Waals surface area contributed by atoms with Crippen LogP contribution in [-0.4, -0.2) is 55.1 Å². The minimum Gasteiger partial charge on any atom is -0.372 e. The van der Waals surface area contributed by atoms with Crippen LogP contribution in [0.5, 0.6) is 0 Å². The third-order valence-electron chi connectivity index (χ3n) is 6.48. The molecule has 4 rings (SSSR count). The molecule has 3 atom stereocenters. The number of halogens is 1. The number of carbonyl (C=O) groups excluding carboxylic acids is 2. The van der Waals surface area contributed by atoms with Crippen LogP contribution in [0.1, 0.15) is 49.0 Å². The summed E-state index contributed by atoms with van der Waals surface area (Å²) in [6.45, 7) is 7.81. The molecule has 0 radical (unpaired) electrons. The van der Waals surface area contributed by atoms with Crippen LogP contribution in [0.3, 0.4) is 0 Å². The van der Waals surface area contributed by atoms with E-state index in [2.05, 4.69) is 10.6 Å².